The van der Waals surface area contributed by atoms with E-state index in [9.17, 15) is 9.59 Å². The molecule has 0 aliphatic carbocycles. The maximum Gasteiger partial charge on any atom is 0.410 e. The van der Waals surface area contributed by atoms with E-state index in [1.807, 2.05) is 41.5 Å². The van der Waals surface area contributed by atoms with E-state index in [2.05, 4.69) is 7.85 Å². The van der Waals surface area contributed by atoms with Gasteiger partial charge in [-0.05, 0) is 33.6 Å². The third-order valence-electron chi connectivity index (χ3n) is 2.79. The molecule has 0 aromatic carbocycles. The van der Waals surface area contributed by atoms with Crippen LogP contribution in [0.25, 0.3) is 0 Å². The summed E-state index contributed by atoms with van der Waals surface area (Å²) in [5, 5.41) is 0. The molecule has 0 aromatic heterocycles. The zero-order valence-corrected chi connectivity index (χ0v) is 14.9. The summed E-state index contributed by atoms with van der Waals surface area (Å²) in [7, 11) is 4.50. The van der Waals surface area contributed by atoms with E-state index in [-0.39, 0.29) is 17.8 Å². The first-order valence-electron chi connectivity index (χ1n) is 7.92. The molecule has 1 atom stereocenters. The number of carbonyl (C=O) groups is 2. The first-order chi connectivity index (χ1) is 9.83. The molecule has 1 rings (SSSR count). The smallest absolute Gasteiger partial charge is 0.410 e. The molecule has 1 saturated heterocycles. The van der Waals surface area contributed by atoms with Crippen LogP contribution in [0.2, 0.25) is 6.82 Å². The number of ether oxygens (including phenoxy) is 1. The molecular weight excluding hydrogens is 265 g/mol. The number of likely N-dealkylation sites (tertiary alicyclic amines) is 1. The number of Topliss-reactive ketones (excluding diaryl/α,β-unsaturated/α-hetero) is 1. The summed E-state index contributed by atoms with van der Waals surface area (Å²) in [6, 6.07) is 0. The van der Waals surface area contributed by atoms with Gasteiger partial charge in [-0.3, -0.25) is 4.79 Å². The third kappa shape index (κ3) is 9.54. The van der Waals surface area contributed by atoms with Gasteiger partial charge in [-0.2, -0.15) is 0 Å². The Balaban J connectivity index is 0. The summed E-state index contributed by atoms with van der Waals surface area (Å²) in [6.07, 6.45) is 1.97. The molecule has 0 aromatic rings. The highest BCUT2D eigenvalue weighted by Crippen LogP contribution is 2.21. The van der Waals surface area contributed by atoms with E-state index < -0.39 is 5.60 Å². The van der Waals surface area contributed by atoms with E-state index in [4.69, 9.17) is 4.74 Å². The maximum absolute atomic E-state index is 11.8. The van der Waals surface area contributed by atoms with Crippen molar-refractivity contribution >= 4 is 19.7 Å². The second kappa shape index (κ2) is 11.6. The Bertz CT molecular complexity index is 300. The van der Waals surface area contributed by atoms with Gasteiger partial charge >= 0.3 is 6.09 Å². The van der Waals surface area contributed by atoms with Crippen molar-refractivity contribution in [2.45, 2.75) is 73.2 Å². The summed E-state index contributed by atoms with van der Waals surface area (Å²) in [4.78, 5) is 25.1. The molecule has 122 valence electrons. The molecule has 1 fully saturated rings. The quantitative estimate of drug-likeness (QED) is 0.743. The zero-order valence-electron chi connectivity index (χ0n) is 14.9. The lowest BCUT2D eigenvalue weighted by atomic mass is 10.0. The molecule has 4 nitrogen and oxygen atoms in total. The second-order valence-corrected chi connectivity index (χ2v) is 5.63. The van der Waals surface area contributed by atoms with Crippen LogP contribution < -0.4 is 0 Å². The molecule has 0 bridgehead atoms. The Morgan fingerprint density at radius 1 is 1.24 bits per heavy atom. The van der Waals surface area contributed by atoms with Crippen LogP contribution in [0, 0.1) is 5.92 Å². The van der Waals surface area contributed by atoms with Crippen LogP contribution in [-0.4, -0.2) is 43.3 Å². The Hall–Kier alpha value is -0.995. The van der Waals surface area contributed by atoms with Gasteiger partial charge in [0.1, 0.15) is 11.4 Å². The largest absolute Gasteiger partial charge is 0.444 e. The first-order valence-corrected chi connectivity index (χ1v) is 7.92. The standard InChI is InChI=1S/C13H23NO3.C2H6.CH3B/c1-5-6-11(15)10-7-8-14(9-10)12(16)17-13(2,3)4;2*1-2/h10H,5-9H2,1-4H3;1-2H3;1H3. The topological polar surface area (TPSA) is 46.6 Å². The molecule has 1 unspecified atom stereocenters. The van der Waals surface area contributed by atoms with Crippen LogP contribution in [0.15, 0.2) is 0 Å². The first kappa shape index (κ1) is 22.3. The number of carbonyl (C=O) groups excluding carboxylic acids is 2. The highest BCUT2D eigenvalue weighted by Gasteiger charge is 2.32. The number of ketones is 1. The normalized spacial score (nSPS) is 17.1. The summed E-state index contributed by atoms with van der Waals surface area (Å²) in [5.74, 6) is 0.293. The molecule has 0 saturated carbocycles. The van der Waals surface area contributed by atoms with Crippen LogP contribution in [0.3, 0.4) is 0 Å². The van der Waals surface area contributed by atoms with Crippen LogP contribution in [0.4, 0.5) is 4.79 Å². The molecule has 1 heterocycles. The Kier molecular flexibility index (Phi) is 12.4. The van der Waals surface area contributed by atoms with Crippen molar-refractivity contribution in [1.82, 2.24) is 4.90 Å². The van der Waals surface area contributed by atoms with Crippen molar-refractivity contribution in [3.05, 3.63) is 0 Å². The second-order valence-electron chi connectivity index (χ2n) is 5.63. The average molecular weight is 297 g/mol. The van der Waals surface area contributed by atoms with Crippen molar-refractivity contribution in [2.24, 2.45) is 5.92 Å². The highest BCUT2D eigenvalue weighted by molar-refractivity contribution is 6.05. The molecular formula is C16H32BNO3. The fraction of sp³-hybridized carbons (Fsp3) is 0.875. The molecule has 1 aliphatic heterocycles. The Morgan fingerprint density at radius 3 is 2.19 bits per heavy atom. The predicted octanol–water partition coefficient (Wildman–Crippen LogP) is 3.84. The number of amides is 1. The monoisotopic (exact) mass is 297 g/mol. The van der Waals surface area contributed by atoms with Crippen molar-refractivity contribution < 1.29 is 14.3 Å². The van der Waals surface area contributed by atoms with Gasteiger partial charge in [-0.15, -0.1) is 0 Å². The van der Waals surface area contributed by atoms with Crippen molar-refractivity contribution in [3.8, 4) is 0 Å². The van der Waals surface area contributed by atoms with E-state index in [1.54, 1.807) is 4.90 Å². The van der Waals surface area contributed by atoms with Gasteiger partial charge in [0.15, 0.2) is 0 Å². The molecule has 2 radical (unpaired) electrons. The van der Waals surface area contributed by atoms with Gasteiger partial charge in [0.25, 0.3) is 0 Å². The highest BCUT2D eigenvalue weighted by atomic mass is 16.6. The van der Waals surface area contributed by atoms with E-state index in [1.165, 1.54) is 6.82 Å². The lowest BCUT2D eigenvalue weighted by Crippen LogP contribution is -2.35. The SMILES string of the molecule is CC.CCCC(=O)C1CCN(C(=O)OC(C)(C)C)C1.[B]C. The van der Waals surface area contributed by atoms with E-state index in [0.29, 0.717) is 19.5 Å². The van der Waals surface area contributed by atoms with Gasteiger partial charge in [0.05, 0.1) is 7.85 Å². The van der Waals surface area contributed by atoms with Gasteiger partial charge < -0.3 is 9.64 Å². The van der Waals surface area contributed by atoms with E-state index in [0.717, 1.165) is 12.8 Å². The number of hydrogen-bond donors (Lipinski definition) is 0. The Morgan fingerprint density at radius 2 is 1.76 bits per heavy atom. The van der Waals surface area contributed by atoms with Crippen LogP contribution >= 0.6 is 0 Å². The van der Waals surface area contributed by atoms with Crippen molar-refractivity contribution in [1.29, 1.82) is 0 Å². The molecule has 5 heteroatoms. The number of hydrogen-bond acceptors (Lipinski definition) is 3. The maximum atomic E-state index is 11.8. The van der Waals surface area contributed by atoms with Gasteiger partial charge in [-0.25, -0.2) is 4.79 Å². The fourth-order valence-corrected chi connectivity index (χ4v) is 1.97. The molecule has 0 N–H and O–H groups in total. The van der Waals surface area contributed by atoms with Crippen LogP contribution in [0.5, 0.6) is 0 Å². The van der Waals surface area contributed by atoms with E-state index >= 15 is 0 Å². The summed E-state index contributed by atoms with van der Waals surface area (Å²) >= 11 is 0. The third-order valence-corrected chi connectivity index (χ3v) is 2.79. The van der Waals surface area contributed by atoms with Crippen LogP contribution in [0.1, 0.15) is 60.8 Å². The fourth-order valence-electron chi connectivity index (χ4n) is 1.97. The predicted molar refractivity (Wildman–Crippen MR) is 88.8 cm³/mol. The molecule has 21 heavy (non-hydrogen) atoms. The number of nitrogens with zero attached hydrogens (tertiary/aromatic N) is 1. The summed E-state index contributed by atoms with van der Waals surface area (Å²) < 4.78 is 5.29. The lowest BCUT2D eigenvalue weighted by molar-refractivity contribution is -0.122. The molecule has 1 amide bonds. The molecule has 0 spiro atoms. The van der Waals surface area contributed by atoms with Gasteiger partial charge in [0, 0.05) is 25.4 Å². The van der Waals surface area contributed by atoms with Gasteiger partial charge in [-0.1, -0.05) is 27.6 Å². The zero-order chi connectivity index (χ0) is 17.1. The minimum atomic E-state index is -0.470. The molecule has 1 aliphatic rings. The van der Waals surface area contributed by atoms with Crippen LogP contribution in [-0.2, 0) is 9.53 Å². The minimum absolute atomic E-state index is 0.0162. The number of rotatable bonds is 3. The lowest BCUT2D eigenvalue weighted by Gasteiger charge is -2.24. The average Bonchev–Trinajstić information content (AvgIpc) is 2.91. The van der Waals surface area contributed by atoms with Gasteiger partial charge in [0.2, 0.25) is 0 Å². The summed E-state index contributed by atoms with van der Waals surface area (Å²) in [6.45, 7) is 14.2. The Labute approximate surface area is 132 Å². The van der Waals surface area contributed by atoms with Crippen molar-refractivity contribution in [2.75, 3.05) is 13.1 Å². The van der Waals surface area contributed by atoms with Crippen molar-refractivity contribution in [3.63, 3.8) is 0 Å². The minimum Gasteiger partial charge on any atom is -0.444 e. The summed E-state index contributed by atoms with van der Waals surface area (Å²) in [5.41, 5.74) is -0.470.